The van der Waals surface area contributed by atoms with Crippen molar-refractivity contribution in [3.05, 3.63) is 54.4 Å². The Labute approximate surface area is 178 Å². The summed E-state index contributed by atoms with van der Waals surface area (Å²) in [6.45, 7) is 3.47. The van der Waals surface area contributed by atoms with Crippen LogP contribution >= 0.6 is 24.0 Å². The SMILES string of the molecule is CN=C(NCCCn1cccn1)NCC1CCCOC1c1ccccc1.I. The summed E-state index contributed by atoms with van der Waals surface area (Å²) in [5.74, 6) is 1.30. The smallest absolute Gasteiger partial charge is 0.190 e. The van der Waals surface area contributed by atoms with E-state index >= 15 is 0 Å². The lowest BCUT2D eigenvalue weighted by molar-refractivity contribution is -0.0265. The van der Waals surface area contributed by atoms with Crippen LogP contribution in [-0.4, -0.2) is 42.5 Å². The molecule has 2 heterocycles. The lowest BCUT2D eigenvalue weighted by atomic mass is 9.89. The summed E-state index contributed by atoms with van der Waals surface area (Å²) in [4.78, 5) is 4.34. The van der Waals surface area contributed by atoms with Crippen LogP contribution in [0.5, 0.6) is 0 Å². The summed E-state index contributed by atoms with van der Waals surface area (Å²) in [5.41, 5.74) is 1.26. The van der Waals surface area contributed by atoms with Crippen molar-refractivity contribution in [2.24, 2.45) is 10.9 Å². The molecule has 1 aliphatic rings. The fourth-order valence-corrected chi connectivity index (χ4v) is 3.39. The van der Waals surface area contributed by atoms with E-state index < -0.39 is 0 Å². The van der Waals surface area contributed by atoms with Gasteiger partial charge in [0.1, 0.15) is 0 Å². The minimum atomic E-state index is 0. The second-order valence-corrected chi connectivity index (χ2v) is 6.61. The molecule has 2 aromatic rings. The zero-order valence-electron chi connectivity index (χ0n) is 15.9. The quantitative estimate of drug-likeness (QED) is 0.275. The van der Waals surface area contributed by atoms with E-state index in [1.54, 1.807) is 0 Å². The van der Waals surface area contributed by atoms with Gasteiger partial charge in [0.2, 0.25) is 0 Å². The second kappa shape index (κ2) is 12.0. The van der Waals surface area contributed by atoms with Gasteiger partial charge in [-0.15, -0.1) is 24.0 Å². The number of nitrogens with zero attached hydrogens (tertiary/aromatic N) is 3. The Morgan fingerprint density at radius 3 is 2.85 bits per heavy atom. The third-order valence-electron chi connectivity index (χ3n) is 4.74. The first-order chi connectivity index (χ1) is 12.9. The predicted octanol–water partition coefficient (Wildman–Crippen LogP) is 3.22. The molecule has 1 saturated heterocycles. The summed E-state index contributed by atoms with van der Waals surface area (Å²) in [6.07, 6.45) is 7.24. The van der Waals surface area contributed by atoms with Gasteiger partial charge in [0.05, 0.1) is 6.10 Å². The van der Waals surface area contributed by atoms with Gasteiger partial charge in [-0.3, -0.25) is 9.67 Å². The zero-order valence-corrected chi connectivity index (χ0v) is 18.2. The molecule has 3 rings (SSSR count). The van der Waals surface area contributed by atoms with Crippen molar-refractivity contribution in [3.8, 4) is 0 Å². The van der Waals surface area contributed by atoms with Crippen LogP contribution in [0.15, 0.2) is 53.8 Å². The highest BCUT2D eigenvalue weighted by molar-refractivity contribution is 14.0. The van der Waals surface area contributed by atoms with Gasteiger partial charge >= 0.3 is 0 Å². The van der Waals surface area contributed by atoms with Gasteiger partial charge in [-0.05, 0) is 30.9 Å². The zero-order chi connectivity index (χ0) is 18.0. The van der Waals surface area contributed by atoms with Gasteiger partial charge in [-0.2, -0.15) is 5.10 Å². The molecule has 6 nitrogen and oxygen atoms in total. The van der Waals surface area contributed by atoms with Crippen molar-refractivity contribution in [2.45, 2.75) is 31.9 Å². The minimum absolute atomic E-state index is 0. The highest BCUT2D eigenvalue weighted by Crippen LogP contribution is 2.32. The summed E-state index contributed by atoms with van der Waals surface area (Å²) in [7, 11) is 1.81. The maximum atomic E-state index is 6.07. The predicted molar refractivity (Wildman–Crippen MR) is 119 cm³/mol. The Morgan fingerprint density at radius 2 is 2.11 bits per heavy atom. The topological polar surface area (TPSA) is 63.5 Å². The molecule has 0 spiro atoms. The van der Waals surface area contributed by atoms with Gasteiger partial charge in [-0.1, -0.05) is 30.3 Å². The van der Waals surface area contributed by atoms with E-state index in [9.17, 15) is 0 Å². The Balaban J connectivity index is 0.00000261. The minimum Gasteiger partial charge on any atom is -0.373 e. The van der Waals surface area contributed by atoms with Gasteiger partial charge in [0.15, 0.2) is 5.96 Å². The summed E-state index contributed by atoms with van der Waals surface area (Å²) >= 11 is 0. The van der Waals surface area contributed by atoms with Gasteiger partial charge < -0.3 is 15.4 Å². The molecule has 1 aliphatic heterocycles. The third-order valence-corrected chi connectivity index (χ3v) is 4.74. The molecule has 148 valence electrons. The molecule has 1 fully saturated rings. The highest BCUT2D eigenvalue weighted by atomic mass is 127. The molecule has 1 aromatic heterocycles. The normalized spacial score (nSPS) is 20.0. The van der Waals surface area contributed by atoms with Crippen LogP contribution < -0.4 is 10.6 Å². The van der Waals surface area contributed by atoms with Crippen LogP contribution in [-0.2, 0) is 11.3 Å². The molecule has 0 aliphatic carbocycles. The summed E-state index contributed by atoms with van der Waals surface area (Å²) in [5, 5.41) is 11.1. The molecule has 2 atom stereocenters. The largest absolute Gasteiger partial charge is 0.373 e. The average molecular weight is 483 g/mol. The van der Waals surface area contributed by atoms with Crippen LogP contribution in [0.2, 0.25) is 0 Å². The molecule has 0 radical (unpaired) electrons. The molecule has 0 amide bonds. The molecule has 1 aromatic carbocycles. The number of hydrogen-bond acceptors (Lipinski definition) is 3. The average Bonchev–Trinajstić information content (AvgIpc) is 3.22. The number of guanidine groups is 1. The molecule has 2 N–H and O–H groups in total. The van der Waals surface area contributed by atoms with E-state index in [0.717, 1.165) is 45.0 Å². The Kier molecular flexibility index (Phi) is 9.61. The van der Waals surface area contributed by atoms with Crippen LogP contribution in [0.1, 0.15) is 30.9 Å². The van der Waals surface area contributed by atoms with E-state index in [1.165, 1.54) is 12.0 Å². The Hall–Kier alpha value is -1.61. The molecule has 27 heavy (non-hydrogen) atoms. The lowest BCUT2D eigenvalue weighted by Gasteiger charge is -2.32. The van der Waals surface area contributed by atoms with E-state index in [-0.39, 0.29) is 30.1 Å². The first kappa shape index (κ1) is 21.7. The Morgan fingerprint density at radius 1 is 1.26 bits per heavy atom. The number of aliphatic imine (C=N–C) groups is 1. The number of benzene rings is 1. The van der Waals surface area contributed by atoms with Gasteiger partial charge in [0.25, 0.3) is 0 Å². The lowest BCUT2D eigenvalue weighted by Crippen LogP contribution is -2.42. The second-order valence-electron chi connectivity index (χ2n) is 6.61. The van der Waals surface area contributed by atoms with Crippen LogP contribution in [0, 0.1) is 5.92 Å². The summed E-state index contributed by atoms with van der Waals surface area (Å²) in [6, 6.07) is 12.5. The van der Waals surface area contributed by atoms with Crippen molar-refractivity contribution >= 4 is 29.9 Å². The van der Waals surface area contributed by atoms with Crippen LogP contribution in [0.3, 0.4) is 0 Å². The standard InChI is InChI=1S/C20H29N5O.HI/c1-21-20(22-11-6-13-25-14-7-12-24-25)23-16-18-10-5-15-26-19(18)17-8-3-2-4-9-17;/h2-4,7-9,12,14,18-19H,5-6,10-11,13,15-16H2,1H3,(H2,21,22,23);1H. The van der Waals surface area contributed by atoms with E-state index in [0.29, 0.717) is 5.92 Å². The maximum Gasteiger partial charge on any atom is 0.190 e. The first-order valence-corrected chi connectivity index (χ1v) is 9.45. The van der Waals surface area contributed by atoms with Crippen LogP contribution in [0.25, 0.3) is 0 Å². The number of nitrogens with one attached hydrogen (secondary N) is 2. The Bertz CT molecular complexity index is 662. The fraction of sp³-hybridized carbons (Fsp3) is 0.500. The van der Waals surface area contributed by atoms with Crippen molar-refractivity contribution in [2.75, 3.05) is 26.7 Å². The molecular formula is C20H30IN5O. The van der Waals surface area contributed by atoms with E-state index in [2.05, 4.69) is 51.1 Å². The molecule has 0 saturated carbocycles. The van der Waals surface area contributed by atoms with E-state index in [4.69, 9.17) is 4.74 Å². The van der Waals surface area contributed by atoms with Crippen molar-refractivity contribution in [1.82, 2.24) is 20.4 Å². The molecule has 2 unspecified atom stereocenters. The van der Waals surface area contributed by atoms with Crippen molar-refractivity contribution < 1.29 is 4.74 Å². The molecule has 7 heteroatoms. The highest BCUT2D eigenvalue weighted by Gasteiger charge is 2.27. The number of aryl methyl sites for hydroxylation is 1. The van der Waals surface area contributed by atoms with E-state index in [1.807, 2.05) is 30.2 Å². The number of ether oxygens (including phenoxy) is 1. The first-order valence-electron chi connectivity index (χ1n) is 9.45. The molecule has 0 bridgehead atoms. The maximum absolute atomic E-state index is 6.07. The van der Waals surface area contributed by atoms with Gasteiger partial charge in [0, 0.05) is 51.6 Å². The van der Waals surface area contributed by atoms with Gasteiger partial charge in [-0.25, -0.2) is 0 Å². The van der Waals surface area contributed by atoms with Crippen molar-refractivity contribution in [3.63, 3.8) is 0 Å². The molecular weight excluding hydrogens is 453 g/mol. The fourth-order valence-electron chi connectivity index (χ4n) is 3.39. The van der Waals surface area contributed by atoms with Crippen molar-refractivity contribution in [1.29, 1.82) is 0 Å². The monoisotopic (exact) mass is 483 g/mol. The van der Waals surface area contributed by atoms with Crippen LogP contribution in [0.4, 0.5) is 0 Å². The summed E-state index contributed by atoms with van der Waals surface area (Å²) < 4.78 is 8.02. The number of aromatic nitrogens is 2. The number of halogens is 1. The number of rotatable bonds is 7. The number of hydrogen-bond donors (Lipinski definition) is 2. The third kappa shape index (κ3) is 6.80.